The molecule has 0 saturated heterocycles. The number of alkyl halides is 1. The van der Waals surface area contributed by atoms with Gasteiger partial charge < -0.3 is 10.1 Å². The fourth-order valence-electron chi connectivity index (χ4n) is 0.256. The molecule has 4 heteroatoms. The van der Waals surface area contributed by atoms with Gasteiger partial charge in [0.15, 0.2) is 0 Å². The molecule has 0 unspecified atom stereocenters. The van der Waals surface area contributed by atoms with Crippen molar-refractivity contribution >= 4 is 28.6 Å². The predicted octanol–water partition coefficient (Wildman–Crippen LogP) is 0.141. The van der Waals surface area contributed by atoms with E-state index >= 15 is 0 Å². The molecule has 0 spiro atoms. The van der Waals surface area contributed by atoms with Gasteiger partial charge in [0.05, 0.1) is 6.54 Å². The zero-order valence-electron chi connectivity index (χ0n) is 4.61. The van der Waals surface area contributed by atoms with Crippen molar-refractivity contribution < 1.29 is 9.53 Å². The number of halogens is 1. The first kappa shape index (κ1) is 8.16. The summed E-state index contributed by atoms with van der Waals surface area (Å²) in [5, 5.41) is 2.67. The smallest absolute Gasteiger partial charge is 0.320 e. The van der Waals surface area contributed by atoms with E-state index in [-0.39, 0.29) is 5.97 Å². The van der Waals surface area contributed by atoms with Crippen LogP contribution >= 0.6 is 22.6 Å². The lowest BCUT2D eigenvalue weighted by molar-refractivity contribution is -0.139. The molecule has 0 saturated carbocycles. The van der Waals surface area contributed by atoms with Crippen LogP contribution in [0.15, 0.2) is 0 Å². The molecule has 1 N–H and O–H groups in total. The lowest BCUT2D eigenvalue weighted by Gasteiger charge is -1.96. The van der Waals surface area contributed by atoms with E-state index in [1.165, 1.54) is 0 Å². The van der Waals surface area contributed by atoms with Crippen LogP contribution in [0.1, 0.15) is 0 Å². The standard InChI is InChI=1S/C4H8INO2/c1-6-2-4(7)8-3-5/h6H,2-3H2,1H3. The number of likely N-dealkylation sites (N-methyl/N-ethyl adjacent to an activating group) is 1. The molecule has 48 valence electrons. The van der Waals surface area contributed by atoms with Crippen molar-refractivity contribution in [2.45, 2.75) is 0 Å². The lowest BCUT2D eigenvalue weighted by atomic mass is 10.7. The van der Waals surface area contributed by atoms with Gasteiger partial charge in [-0.25, -0.2) is 0 Å². The van der Waals surface area contributed by atoms with Crippen LogP contribution in [-0.4, -0.2) is 24.2 Å². The van der Waals surface area contributed by atoms with Gasteiger partial charge in [0, 0.05) is 0 Å². The highest BCUT2D eigenvalue weighted by Gasteiger charge is 1.95. The summed E-state index contributed by atoms with van der Waals surface area (Å²) in [7, 11) is 1.70. The van der Waals surface area contributed by atoms with Crippen LogP contribution in [-0.2, 0) is 9.53 Å². The Bertz CT molecular complexity index is 68.4. The summed E-state index contributed by atoms with van der Waals surface area (Å²) in [4.78, 5) is 10.4. The summed E-state index contributed by atoms with van der Waals surface area (Å²) in [6.07, 6.45) is 0. The van der Waals surface area contributed by atoms with Crippen molar-refractivity contribution in [2.75, 3.05) is 18.2 Å². The zero-order valence-corrected chi connectivity index (χ0v) is 6.77. The molecule has 0 aliphatic rings. The van der Waals surface area contributed by atoms with E-state index in [0.717, 1.165) is 0 Å². The molecular weight excluding hydrogens is 221 g/mol. The number of rotatable bonds is 3. The molecule has 0 amide bonds. The fraction of sp³-hybridized carbons (Fsp3) is 0.750. The maximum atomic E-state index is 10.4. The first-order chi connectivity index (χ1) is 3.81. The number of carbonyl (C=O) groups is 1. The topological polar surface area (TPSA) is 38.3 Å². The molecule has 0 fully saturated rings. The van der Waals surface area contributed by atoms with Crippen LogP contribution < -0.4 is 5.32 Å². The Morgan fingerprint density at radius 2 is 2.50 bits per heavy atom. The number of esters is 1. The van der Waals surface area contributed by atoms with Gasteiger partial charge in [0.1, 0.15) is 4.61 Å². The van der Waals surface area contributed by atoms with Gasteiger partial charge in [0.2, 0.25) is 0 Å². The highest BCUT2D eigenvalue weighted by Crippen LogP contribution is 1.82. The largest absolute Gasteiger partial charge is 0.454 e. The molecule has 0 bridgehead atoms. The van der Waals surface area contributed by atoms with Gasteiger partial charge in [0.25, 0.3) is 0 Å². The number of ether oxygens (including phenoxy) is 1. The second-order valence-corrected chi connectivity index (χ2v) is 1.78. The summed E-state index contributed by atoms with van der Waals surface area (Å²) in [5.74, 6) is -0.207. The van der Waals surface area contributed by atoms with Gasteiger partial charge in [-0.3, -0.25) is 4.79 Å². The third-order valence-corrected chi connectivity index (χ3v) is 0.848. The quantitative estimate of drug-likeness (QED) is 0.425. The first-order valence-corrected chi connectivity index (χ1v) is 3.70. The maximum Gasteiger partial charge on any atom is 0.320 e. The fourth-order valence-corrected chi connectivity index (χ4v) is 0.604. The normalized spacial score (nSPS) is 8.75. The van der Waals surface area contributed by atoms with E-state index in [1.807, 2.05) is 22.6 Å². The molecule has 0 aliphatic carbocycles. The average Bonchev–Trinajstić information content (AvgIpc) is 1.68. The average molecular weight is 229 g/mol. The monoisotopic (exact) mass is 229 g/mol. The Hall–Kier alpha value is 0.160. The molecule has 0 aromatic carbocycles. The van der Waals surface area contributed by atoms with Crippen LogP contribution in [0.4, 0.5) is 0 Å². The van der Waals surface area contributed by atoms with Crippen molar-refractivity contribution in [1.29, 1.82) is 0 Å². The first-order valence-electron chi connectivity index (χ1n) is 2.17. The molecule has 0 aliphatic heterocycles. The highest BCUT2D eigenvalue weighted by atomic mass is 127. The van der Waals surface area contributed by atoms with E-state index in [9.17, 15) is 4.79 Å². The Morgan fingerprint density at radius 1 is 1.88 bits per heavy atom. The van der Waals surface area contributed by atoms with Gasteiger partial charge in [-0.2, -0.15) is 0 Å². The van der Waals surface area contributed by atoms with Crippen LogP contribution in [0.25, 0.3) is 0 Å². The van der Waals surface area contributed by atoms with Crippen LogP contribution in [0.5, 0.6) is 0 Å². The number of hydrogen-bond donors (Lipinski definition) is 1. The Kier molecular flexibility index (Phi) is 5.41. The molecule has 0 aromatic rings. The molecule has 0 heterocycles. The van der Waals surface area contributed by atoms with Gasteiger partial charge in [-0.15, -0.1) is 0 Å². The van der Waals surface area contributed by atoms with Crippen molar-refractivity contribution in [3.63, 3.8) is 0 Å². The second-order valence-electron chi connectivity index (χ2n) is 1.16. The van der Waals surface area contributed by atoms with Crippen molar-refractivity contribution in [2.24, 2.45) is 0 Å². The SMILES string of the molecule is CNCC(=O)OCI. The molecule has 8 heavy (non-hydrogen) atoms. The zero-order chi connectivity index (χ0) is 6.41. The van der Waals surface area contributed by atoms with E-state index in [4.69, 9.17) is 0 Å². The van der Waals surface area contributed by atoms with Gasteiger partial charge in [-0.05, 0) is 29.6 Å². The van der Waals surface area contributed by atoms with E-state index in [1.54, 1.807) is 7.05 Å². The Labute approximate surface area is 61.9 Å². The molecule has 0 aromatic heterocycles. The summed E-state index contributed by atoms with van der Waals surface area (Å²) >= 11 is 1.97. The summed E-state index contributed by atoms with van der Waals surface area (Å²) in [5.41, 5.74) is 0. The number of carbonyl (C=O) groups excluding carboxylic acids is 1. The Morgan fingerprint density at radius 3 is 2.88 bits per heavy atom. The molecule has 0 radical (unpaired) electrons. The van der Waals surface area contributed by atoms with E-state index in [2.05, 4.69) is 10.1 Å². The third kappa shape index (κ3) is 4.32. The van der Waals surface area contributed by atoms with E-state index in [0.29, 0.717) is 11.2 Å². The third-order valence-electron chi connectivity index (χ3n) is 0.537. The minimum atomic E-state index is -0.207. The lowest BCUT2D eigenvalue weighted by Crippen LogP contribution is -2.20. The van der Waals surface area contributed by atoms with Crippen molar-refractivity contribution in [1.82, 2.24) is 5.32 Å². The van der Waals surface area contributed by atoms with Crippen molar-refractivity contribution in [3.8, 4) is 0 Å². The summed E-state index contributed by atoms with van der Waals surface area (Å²) in [6.45, 7) is 0.295. The number of hydrogen-bond acceptors (Lipinski definition) is 3. The van der Waals surface area contributed by atoms with Crippen LogP contribution in [0, 0.1) is 0 Å². The minimum Gasteiger partial charge on any atom is -0.454 e. The van der Waals surface area contributed by atoms with Crippen LogP contribution in [0.2, 0.25) is 0 Å². The maximum absolute atomic E-state index is 10.4. The molecule has 0 rings (SSSR count). The van der Waals surface area contributed by atoms with E-state index < -0.39 is 0 Å². The second kappa shape index (κ2) is 5.30. The Balaban J connectivity index is 3.06. The van der Waals surface area contributed by atoms with Crippen molar-refractivity contribution in [3.05, 3.63) is 0 Å². The number of nitrogens with one attached hydrogen (secondary N) is 1. The minimum absolute atomic E-state index is 0.207. The molecule has 3 nitrogen and oxygen atoms in total. The molecular formula is C4H8INO2. The predicted molar refractivity (Wildman–Crippen MR) is 38.9 cm³/mol. The van der Waals surface area contributed by atoms with Gasteiger partial charge in [-0.1, -0.05) is 0 Å². The van der Waals surface area contributed by atoms with Crippen LogP contribution in [0.3, 0.4) is 0 Å². The van der Waals surface area contributed by atoms with Gasteiger partial charge >= 0.3 is 5.97 Å². The molecule has 0 atom stereocenters. The summed E-state index contributed by atoms with van der Waals surface area (Å²) < 4.78 is 5.00. The highest BCUT2D eigenvalue weighted by molar-refractivity contribution is 14.1. The summed E-state index contributed by atoms with van der Waals surface area (Å²) in [6, 6.07) is 0.